The Hall–Kier alpha value is -3.27. The number of aromatic nitrogens is 1. The predicted molar refractivity (Wildman–Crippen MR) is 134 cm³/mol. The van der Waals surface area contributed by atoms with Gasteiger partial charge in [-0.05, 0) is 54.5 Å². The van der Waals surface area contributed by atoms with Gasteiger partial charge < -0.3 is 14.2 Å². The number of benzene rings is 2. The minimum atomic E-state index is 0.439. The minimum absolute atomic E-state index is 0.439. The van der Waals surface area contributed by atoms with E-state index < -0.39 is 0 Å². The zero-order chi connectivity index (χ0) is 22.6. The molecule has 0 saturated carbocycles. The smallest absolute Gasteiger partial charge is 0.227 e. The first-order chi connectivity index (χ1) is 15.3. The van der Waals surface area contributed by atoms with E-state index in [1.165, 1.54) is 16.8 Å². The molecule has 1 aliphatic rings. The summed E-state index contributed by atoms with van der Waals surface area (Å²) in [6.07, 6.45) is 4.27. The quantitative estimate of drug-likeness (QED) is 0.335. The van der Waals surface area contributed by atoms with E-state index in [0.717, 1.165) is 33.3 Å². The summed E-state index contributed by atoms with van der Waals surface area (Å²) in [6, 6.07) is 15.1. The van der Waals surface area contributed by atoms with Crippen molar-refractivity contribution in [1.82, 2.24) is 4.98 Å². The standard InChI is InChI=1S/C28H30N3O/c1-17(2)21-8-7-9-22(18(3)4)26(21)31-15-14-30(16-31)25-19(5)10-12-23-24-13-11-20(6)29-28(24)32-27(23)25/h7-18H,1-6H3. The molecule has 32 heavy (non-hydrogen) atoms. The van der Waals surface area contributed by atoms with Crippen LogP contribution < -0.4 is 9.80 Å². The van der Waals surface area contributed by atoms with Crippen LogP contribution in [0.4, 0.5) is 11.4 Å². The van der Waals surface area contributed by atoms with Crippen molar-refractivity contribution in [1.29, 1.82) is 0 Å². The van der Waals surface area contributed by atoms with E-state index in [-0.39, 0.29) is 0 Å². The molecule has 0 spiro atoms. The second-order valence-electron chi connectivity index (χ2n) is 9.34. The monoisotopic (exact) mass is 424 g/mol. The van der Waals surface area contributed by atoms with Gasteiger partial charge in [-0.15, -0.1) is 0 Å². The summed E-state index contributed by atoms with van der Waals surface area (Å²) in [7, 11) is 0. The maximum absolute atomic E-state index is 6.30. The zero-order valence-electron chi connectivity index (χ0n) is 19.7. The van der Waals surface area contributed by atoms with Crippen molar-refractivity contribution < 1.29 is 4.42 Å². The maximum Gasteiger partial charge on any atom is 0.227 e. The van der Waals surface area contributed by atoms with E-state index in [1.54, 1.807) is 0 Å². The third-order valence-corrected chi connectivity index (χ3v) is 6.32. The fourth-order valence-electron chi connectivity index (χ4n) is 4.65. The minimum Gasteiger partial charge on any atom is -0.435 e. The van der Waals surface area contributed by atoms with Crippen LogP contribution in [0.25, 0.3) is 22.1 Å². The lowest BCUT2D eigenvalue weighted by atomic mass is 9.92. The topological polar surface area (TPSA) is 32.5 Å². The number of para-hydroxylation sites is 1. The average molecular weight is 425 g/mol. The molecule has 4 heteroatoms. The van der Waals surface area contributed by atoms with Gasteiger partial charge in [0.2, 0.25) is 5.71 Å². The molecule has 1 aliphatic heterocycles. The average Bonchev–Trinajstić information content (AvgIpc) is 3.37. The molecule has 163 valence electrons. The van der Waals surface area contributed by atoms with E-state index in [4.69, 9.17) is 4.42 Å². The largest absolute Gasteiger partial charge is 0.435 e. The van der Waals surface area contributed by atoms with Crippen LogP contribution in [0, 0.1) is 20.5 Å². The molecule has 2 aromatic heterocycles. The molecule has 0 bridgehead atoms. The van der Waals surface area contributed by atoms with Crippen molar-refractivity contribution in [3.8, 4) is 0 Å². The molecule has 0 amide bonds. The number of rotatable bonds is 4. The molecule has 0 atom stereocenters. The summed E-state index contributed by atoms with van der Waals surface area (Å²) >= 11 is 0. The Balaban J connectivity index is 1.60. The molecule has 0 fully saturated rings. The molecule has 5 rings (SSSR count). The van der Waals surface area contributed by atoms with Crippen LogP contribution >= 0.6 is 0 Å². The molecule has 4 aromatic rings. The SMILES string of the molecule is Cc1ccc2c(n1)oc1c(N3[CH]N(c4c(C(C)C)cccc4C(C)C)C=C3)c(C)ccc12. The van der Waals surface area contributed by atoms with Gasteiger partial charge in [-0.1, -0.05) is 58.0 Å². The molecule has 2 aromatic carbocycles. The van der Waals surface area contributed by atoms with Crippen molar-refractivity contribution in [3.05, 3.63) is 83.9 Å². The molecule has 4 nitrogen and oxygen atoms in total. The second-order valence-corrected chi connectivity index (χ2v) is 9.34. The second kappa shape index (κ2) is 7.70. The van der Waals surface area contributed by atoms with E-state index in [9.17, 15) is 0 Å². The van der Waals surface area contributed by atoms with Gasteiger partial charge in [0.15, 0.2) is 12.3 Å². The van der Waals surface area contributed by atoms with E-state index in [0.29, 0.717) is 17.5 Å². The van der Waals surface area contributed by atoms with E-state index in [1.807, 2.05) is 13.0 Å². The van der Waals surface area contributed by atoms with Crippen LogP contribution in [-0.4, -0.2) is 4.98 Å². The molecule has 0 aliphatic carbocycles. The fourth-order valence-corrected chi connectivity index (χ4v) is 4.65. The normalized spacial score (nSPS) is 14.1. The van der Waals surface area contributed by atoms with Gasteiger partial charge in [-0.3, -0.25) is 0 Å². The van der Waals surface area contributed by atoms with E-state index >= 15 is 0 Å². The summed E-state index contributed by atoms with van der Waals surface area (Å²) in [5, 5.41) is 2.15. The molecule has 0 saturated heterocycles. The third kappa shape index (κ3) is 3.26. The zero-order valence-corrected chi connectivity index (χ0v) is 19.7. The lowest BCUT2D eigenvalue weighted by molar-refractivity contribution is 0.652. The van der Waals surface area contributed by atoms with Crippen LogP contribution in [0.5, 0.6) is 0 Å². The van der Waals surface area contributed by atoms with Gasteiger partial charge in [0, 0.05) is 34.6 Å². The van der Waals surface area contributed by atoms with Crippen molar-refractivity contribution in [3.63, 3.8) is 0 Å². The predicted octanol–water partition coefficient (Wildman–Crippen LogP) is 7.76. The first-order valence-corrected chi connectivity index (χ1v) is 11.4. The van der Waals surface area contributed by atoms with Gasteiger partial charge in [0.1, 0.15) is 0 Å². The van der Waals surface area contributed by atoms with Gasteiger partial charge in [0.05, 0.1) is 5.69 Å². The molecular weight excluding hydrogens is 394 g/mol. The number of hydrogen-bond acceptors (Lipinski definition) is 4. The Bertz CT molecular complexity index is 1320. The summed E-state index contributed by atoms with van der Waals surface area (Å²) in [5.41, 5.74) is 8.75. The van der Waals surface area contributed by atoms with Crippen molar-refractivity contribution in [2.75, 3.05) is 9.80 Å². The Morgan fingerprint density at radius 1 is 0.750 bits per heavy atom. The lowest BCUT2D eigenvalue weighted by Gasteiger charge is -2.28. The van der Waals surface area contributed by atoms with Crippen LogP contribution in [0.15, 0.2) is 59.3 Å². The summed E-state index contributed by atoms with van der Waals surface area (Å²) in [4.78, 5) is 9.04. The van der Waals surface area contributed by atoms with Gasteiger partial charge in [-0.2, -0.15) is 0 Å². The fraction of sp³-hybridized carbons (Fsp3) is 0.286. The van der Waals surface area contributed by atoms with Crippen molar-refractivity contribution in [2.24, 2.45) is 0 Å². The first-order valence-electron chi connectivity index (χ1n) is 11.4. The highest BCUT2D eigenvalue weighted by Crippen LogP contribution is 2.42. The highest BCUT2D eigenvalue weighted by Gasteiger charge is 2.26. The number of anilines is 2. The number of pyridine rings is 1. The number of aryl methyl sites for hydroxylation is 2. The van der Waals surface area contributed by atoms with E-state index in [2.05, 4.69) is 105 Å². The van der Waals surface area contributed by atoms with Crippen LogP contribution in [0.1, 0.15) is 61.9 Å². The number of fused-ring (bicyclic) bond motifs is 3. The number of nitrogens with zero attached hydrogens (tertiary/aromatic N) is 3. The third-order valence-electron chi connectivity index (χ3n) is 6.32. The van der Waals surface area contributed by atoms with Crippen LogP contribution in [0.2, 0.25) is 0 Å². The lowest BCUT2D eigenvalue weighted by Crippen LogP contribution is -2.21. The van der Waals surface area contributed by atoms with Gasteiger partial charge in [0.25, 0.3) is 0 Å². The van der Waals surface area contributed by atoms with Crippen LogP contribution in [0.3, 0.4) is 0 Å². The Morgan fingerprint density at radius 3 is 2.03 bits per heavy atom. The molecule has 0 unspecified atom stereocenters. The van der Waals surface area contributed by atoms with Crippen molar-refractivity contribution in [2.45, 2.75) is 53.4 Å². The highest BCUT2D eigenvalue weighted by atomic mass is 16.3. The summed E-state index contributed by atoms with van der Waals surface area (Å²) < 4.78 is 6.30. The van der Waals surface area contributed by atoms with Crippen LogP contribution in [-0.2, 0) is 0 Å². The Labute approximate surface area is 190 Å². The highest BCUT2D eigenvalue weighted by molar-refractivity contribution is 6.09. The maximum atomic E-state index is 6.30. The number of furan rings is 1. The molecule has 3 heterocycles. The Morgan fingerprint density at radius 2 is 1.38 bits per heavy atom. The number of hydrogen-bond donors (Lipinski definition) is 0. The Kier molecular flexibility index (Phi) is 4.96. The molecule has 1 radical (unpaired) electrons. The van der Waals surface area contributed by atoms with Gasteiger partial charge >= 0.3 is 0 Å². The van der Waals surface area contributed by atoms with Gasteiger partial charge in [-0.25, -0.2) is 4.98 Å². The van der Waals surface area contributed by atoms with Crippen molar-refractivity contribution >= 4 is 33.4 Å². The summed E-state index contributed by atoms with van der Waals surface area (Å²) in [5.74, 6) is 0.879. The first kappa shape index (κ1) is 20.6. The molecular formula is C28H30N3O. The molecule has 0 N–H and O–H groups in total. The summed E-state index contributed by atoms with van der Waals surface area (Å²) in [6.45, 7) is 15.3.